The topological polar surface area (TPSA) is 53.5 Å². The molecule has 0 spiro atoms. The predicted molar refractivity (Wildman–Crippen MR) is 81.6 cm³/mol. The molecule has 0 aromatic carbocycles. The van der Waals surface area contributed by atoms with Gasteiger partial charge in [0.1, 0.15) is 0 Å². The third kappa shape index (κ3) is 4.41. The van der Waals surface area contributed by atoms with Crippen LogP contribution in [-0.2, 0) is 4.79 Å². The van der Waals surface area contributed by atoms with E-state index in [2.05, 4.69) is 29.5 Å². The lowest BCUT2D eigenvalue weighted by molar-refractivity contribution is -0.121. The van der Waals surface area contributed by atoms with Gasteiger partial charge in [0.2, 0.25) is 5.91 Å². The van der Waals surface area contributed by atoms with Gasteiger partial charge in [-0.3, -0.25) is 9.79 Å². The van der Waals surface area contributed by atoms with Gasteiger partial charge in [0.25, 0.3) is 0 Å². The highest BCUT2D eigenvalue weighted by Gasteiger charge is 2.30. The summed E-state index contributed by atoms with van der Waals surface area (Å²) in [5.41, 5.74) is 0.388. The molecular formula is C14H25N3OS. The minimum Gasteiger partial charge on any atom is -0.364 e. The highest BCUT2D eigenvalue weighted by Crippen LogP contribution is 2.34. The lowest BCUT2D eigenvalue weighted by atomic mass is 9.84. The van der Waals surface area contributed by atoms with E-state index in [4.69, 9.17) is 0 Å². The molecule has 0 aromatic rings. The molecule has 1 amide bonds. The number of amidine groups is 1. The molecule has 0 atom stereocenters. The summed E-state index contributed by atoms with van der Waals surface area (Å²) in [6.45, 7) is 6.11. The van der Waals surface area contributed by atoms with Crippen LogP contribution < -0.4 is 10.6 Å². The second kappa shape index (κ2) is 6.64. The zero-order chi connectivity index (χ0) is 13.7. The molecular weight excluding hydrogens is 258 g/mol. The van der Waals surface area contributed by atoms with Gasteiger partial charge in [0.05, 0.1) is 0 Å². The van der Waals surface area contributed by atoms with Crippen LogP contribution in [0.15, 0.2) is 4.99 Å². The third-order valence-electron chi connectivity index (χ3n) is 4.14. The standard InChI is InChI=1S/C14H25N3OS/c1-3-14(4-2)9-16-13(19-10-14)15-8-7-12(18)17-11-5-6-11/h11H,3-10H2,1-2H3,(H,15,16)(H,17,18). The number of carbonyl (C=O) groups excluding carboxylic acids is 1. The molecule has 2 aliphatic rings. The van der Waals surface area contributed by atoms with Gasteiger partial charge in [-0.1, -0.05) is 25.6 Å². The Morgan fingerprint density at radius 2 is 2.16 bits per heavy atom. The normalized spacial score (nSPS) is 21.7. The van der Waals surface area contributed by atoms with E-state index in [-0.39, 0.29) is 5.91 Å². The van der Waals surface area contributed by atoms with Crippen molar-refractivity contribution in [2.75, 3.05) is 18.8 Å². The summed E-state index contributed by atoms with van der Waals surface area (Å²) in [4.78, 5) is 16.2. The van der Waals surface area contributed by atoms with Gasteiger partial charge in [-0.25, -0.2) is 0 Å². The van der Waals surface area contributed by atoms with Crippen LogP contribution in [0.4, 0.5) is 0 Å². The number of nitrogens with zero attached hydrogens (tertiary/aromatic N) is 1. The number of amides is 1. The summed E-state index contributed by atoms with van der Waals surface area (Å²) in [6, 6.07) is 0.462. The number of nitrogens with one attached hydrogen (secondary N) is 2. The molecule has 1 saturated carbocycles. The predicted octanol–water partition coefficient (Wildman–Crippen LogP) is 2.15. The van der Waals surface area contributed by atoms with Crippen LogP contribution in [0, 0.1) is 5.41 Å². The van der Waals surface area contributed by atoms with Crippen molar-refractivity contribution in [1.29, 1.82) is 0 Å². The Kier molecular flexibility index (Phi) is 5.13. The Morgan fingerprint density at radius 3 is 2.68 bits per heavy atom. The molecule has 0 aromatic heterocycles. The number of rotatable bonds is 6. The molecule has 0 bridgehead atoms. The van der Waals surface area contributed by atoms with Crippen LogP contribution >= 0.6 is 11.8 Å². The van der Waals surface area contributed by atoms with E-state index in [0.717, 1.165) is 30.3 Å². The largest absolute Gasteiger partial charge is 0.364 e. The zero-order valence-corrected chi connectivity index (χ0v) is 12.8. The van der Waals surface area contributed by atoms with Crippen molar-refractivity contribution >= 4 is 22.8 Å². The molecule has 1 heterocycles. The van der Waals surface area contributed by atoms with E-state index in [0.29, 0.717) is 24.4 Å². The fraction of sp³-hybridized carbons (Fsp3) is 0.857. The van der Waals surface area contributed by atoms with Gasteiger partial charge in [-0.2, -0.15) is 0 Å². The van der Waals surface area contributed by atoms with E-state index >= 15 is 0 Å². The Bertz CT molecular complexity index is 349. The fourth-order valence-corrected chi connectivity index (χ4v) is 3.45. The van der Waals surface area contributed by atoms with E-state index in [1.807, 2.05) is 0 Å². The van der Waals surface area contributed by atoms with Crippen molar-refractivity contribution in [3.05, 3.63) is 0 Å². The van der Waals surface area contributed by atoms with Crippen molar-refractivity contribution in [3.8, 4) is 0 Å². The quantitative estimate of drug-likeness (QED) is 0.785. The molecule has 0 radical (unpaired) electrons. The maximum absolute atomic E-state index is 11.5. The van der Waals surface area contributed by atoms with Gasteiger partial charge >= 0.3 is 0 Å². The molecule has 2 rings (SSSR count). The molecule has 19 heavy (non-hydrogen) atoms. The second-order valence-electron chi connectivity index (χ2n) is 5.64. The van der Waals surface area contributed by atoms with Crippen LogP contribution in [0.3, 0.4) is 0 Å². The lowest BCUT2D eigenvalue weighted by Crippen LogP contribution is -2.36. The van der Waals surface area contributed by atoms with Crippen molar-refractivity contribution in [3.63, 3.8) is 0 Å². The molecule has 1 aliphatic carbocycles. The molecule has 0 saturated heterocycles. The maximum atomic E-state index is 11.5. The highest BCUT2D eigenvalue weighted by atomic mass is 32.2. The molecule has 1 fully saturated rings. The first-order valence-corrected chi connectivity index (χ1v) is 8.36. The SMILES string of the molecule is CCC1(CC)CN=C(NCCC(=O)NC2CC2)SC1. The van der Waals surface area contributed by atoms with Gasteiger partial charge in [-0.05, 0) is 31.1 Å². The highest BCUT2D eigenvalue weighted by molar-refractivity contribution is 8.13. The Hall–Kier alpha value is -0.710. The summed E-state index contributed by atoms with van der Waals surface area (Å²) >= 11 is 1.80. The summed E-state index contributed by atoms with van der Waals surface area (Å²) < 4.78 is 0. The summed E-state index contributed by atoms with van der Waals surface area (Å²) in [7, 11) is 0. The average molecular weight is 283 g/mol. The summed E-state index contributed by atoms with van der Waals surface area (Å²) in [6.07, 6.45) is 5.23. The Balaban J connectivity index is 1.66. The monoisotopic (exact) mass is 283 g/mol. The third-order valence-corrected chi connectivity index (χ3v) is 5.45. The van der Waals surface area contributed by atoms with Crippen LogP contribution in [0.5, 0.6) is 0 Å². The Labute approximate surface area is 120 Å². The maximum Gasteiger partial charge on any atom is 0.221 e. The van der Waals surface area contributed by atoms with E-state index in [1.165, 1.54) is 12.8 Å². The minimum absolute atomic E-state index is 0.160. The second-order valence-corrected chi connectivity index (χ2v) is 6.60. The van der Waals surface area contributed by atoms with E-state index in [1.54, 1.807) is 11.8 Å². The van der Waals surface area contributed by atoms with Gasteiger partial charge in [0, 0.05) is 31.3 Å². The van der Waals surface area contributed by atoms with Crippen molar-refractivity contribution in [2.45, 2.75) is 52.0 Å². The van der Waals surface area contributed by atoms with Crippen LogP contribution in [0.2, 0.25) is 0 Å². The summed E-state index contributed by atoms with van der Waals surface area (Å²) in [5, 5.41) is 7.29. The van der Waals surface area contributed by atoms with Crippen molar-refractivity contribution in [1.82, 2.24) is 10.6 Å². The van der Waals surface area contributed by atoms with Crippen LogP contribution in [0.1, 0.15) is 46.0 Å². The molecule has 0 unspecified atom stereocenters. The number of aliphatic imine (C=N–C) groups is 1. The smallest absolute Gasteiger partial charge is 0.221 e. The number of hydrogen-bond acceptors (Lipinski definition) is 4. The van der Waals surface area contributed by atoms with Gasteiger partial charge < -0.3 is 10.6 Å². The van der Waals surface area contributed by atoms with E-state index < -0.39 is 0 Å². The van der Waals surface area contributed by atoms with E-state index in [9.17, 15) is 4.79 Å². The van der Waals surface area contributed by atoms with Crippen molar-refractivity contribution in [2.24, 2.45) is 10.4 Å². The van der Waals surface area contributed by atoms with Crippen molar-refractivity contribution < 1.29 is 4.79 Å². The number of thioether (sulfide) groups is 1. The Morgan fingerprint density at radius 1 is 1.42 bits per heavy atom. The molecule has 1 aliphatic heterocycles. The first kappa shape index (κ1) is 14.7. The lowest BCUT2D eigenvalue weighted by Gasteiger charge is -2.33. The fourth-order valence-electron chi connectivity index (χ4n) is 2.15. The molecule has 4 nitrogen and oxygen atoms in total. The average Bonchev–Trinajstić information content (AvgIpc) is 3.24. The summed E-state index contributed by atoms with van der Waals surface area (Å²) in [5.74, 6) is 1.30. The van der Waals surface area contributed by atoms with Crippen LogP contribution in [-0.4, -0.2) is 36.0 Å². The van der Waals surface area contributed by atoms with Gasteiger partial charge in [-0.15, -0.1) is 0 Å². The minimum atomic E-state index is 0.160. The van der Waals surface area contributed by atoms with Gasteiger partial charge in [0.15, 0.2) is 5.17 Å². The van der Waals surface area contributed by atoms with Crippen LogP contribution in [0.25, 0.3) is 0 Å². The number of hydrogen-bond donors (Lipinski definition) is 2. The molecule has 108 valence electrons. The number of carbonyl (C=O) groups is 1. The first-order chi connectivity index (χ1) is 9.17. The zero-order valence-electron chi connectivity index (χ0n) is 12.0. The molecule has 2 N–H and O–H groups in total. The first-order valence-electron chi connectivity index (χ1n) is 7.38. The molecule has 5 heteroatoms.